The maximum Gasteiger partial charge on any atom is 0.330 e. The largest absolute Gasteiger partial charge is 0.490 e. The quantitative estimate of drug-likeness (QED) is 0.371. The van der Waals surface area contributed by atoms with Crippen molar-refractivity contribution in [1.82, 2.24) is 4.98 Å². The zero-order valence-corrected chi connectivity index (χ0v) is 14.1. The average molecular weight is 354 g/mol. The van der Waals surface area contributed by atoms with Crippen molar-refractivity contribution in [3.8, 4) is 5.75 Å². The smallest absolute Gasteiger partial charge is 0.330 e. The molecule has 0 atom stereocenters. The molecule has 0 saturated carbocycles. The van der Waals surface area contributed by atoms with Crippen LogP contribution < -0.4 is 4.74 Å². The van der Waals surface area contributed by atoms with Gasteiger partial charge in [-0.05, 0) is 36.4 Å². The first kappa shape index (κ1) is 17.0. The van der Waals surface area contributed by atoms with Crippen LogP contribution >= 0.6 is 11.6 Å². The van der Waals surface area contributed by atoms with Crippen LogP contribution in [0, 0.1) is 0 Å². The van der Waals surface area contributed by atoms with Gasteiger partial charge in [0.25, 0.3) is 0 Å². The number of ether oxygens (including phenoxy) is 2. The van der Waals surface area contributed by atoms with Gasteiger partial charge in [-0.3, -0.25) is 0 Å². The van der Waals surface area contributed by atoms with Gasteiger partial charge in [-0.2, -0.15) is 0 Å². The van der Waals surface area contributed by atoms with E-state index in [-0.39, 0.29) is 13.2 Å². The molecule has 0 N–H and O–H groups in total. The number of hydrogen-bond acceptors (Lipinski definition) is 4. The molecular weight excluding hydrogens is 338 g/mol. The Morgan fingerprint density at radius 1 is 1.04 bits per heavy atom. The molecule has 0 radical (unpaired) electrons. The number of fused-ring (bicyclic) bond motifs is 1. The molecule has 3 aromatic rings. The number of carbonyl (C=O) groups excluding carboxylic acids is 1. The fraction of sp³-hybridized carbons (Fsp3) is 0.100. The van der Waals surface area contributed by atoms with Crippen molar-refractivity contribution in [1.29, 1.82) is 0 Å². The minimum atomic E-state index is -0.440. The van der Waals surface area contributed by atoms with E-state index < -0.39 is 5.97 Å². The average Bonchev–Trinajstić information content (AvgIpc) is 2.63. The molecule has 25 heavy (non-hydrogen) atoms. The Bertz CT molecular complexity index is 908. The summed E-state index contributed by atoms with van der Waals surface area (Å²) in [5.74, 6) is 0.198. The molecule has 0 aliphatic rings. The normalized spacial score (nSPS) is 10.9. The van der Waals surface area contributed by atoms with Gasteiger partial charge in [0.1, 0.15) is 19.0 Å². The second-order valence-corrected chi connectivity index (χ2v) is 5.67. The minimum Gasteiger partial charge on any atom is -0.490 e. The zero-order chi connectivity index (χ0) is 17.5. The summed E-state index contributed by atoms with van der Waals surface area (Å²) in [5.41, 5.74) is 1.58. The highest BCUT2D eigenvalue weighted by atomic mass is 35.5. The lowest BCUT2D eigenvalue weighted by Gasteiger charge is -2.06. The molecule has 5 heteroatoms. The summed E-state index contributed by atoms with van der Waals surface area (Å²) in [6.45, 7) is 0.412. The monoisotopic (exact) mass is 353 g/mol. The van der Waals surface area contributed by atoms with Gasteiger partial charge in [0.2, 0.25) is 0 Å². The Balaban J connectivity index is 1.47. The lowest BCUT2D eigenvalue weighted by atomic mass is 10.2. The van der Waals surface area contributed by atoms with Crippen LogP contribution in [0.25, 0.3) is 17.0 Å². The number of halogens is 1. The van der Waals surface area contributed by atoms with E-state index in [0.717, 1.165) is 10.9 Å². The Morgan fingerprint density at radius 3 is 2.80 bits per heavy atom. The number of esters is 1. The molecule has 0 aliphatic heterocycles. The van der Waals surface area contributed by atoms with Crippen molar-refractivity contribution in [3.05, 3.63) is 77.5 Å². The molecule has 0 saturated heterocycles. The molecule has 1 heterocycles. The first-order valence-corrected chi connectivity index (χ1v) is 8.17. The van der Waals surface area contributed by atoms with Gasteiger partial charge in [0.15, 0.2) is 0 Å². The highest BCUT2D eigenvalue weighted by Gasteiger charge is 2.00. The van der Waals surface area contributed by atoms with E-state index in [0.29, 0.717) is 16.5 Å². The number of nitrogens with zero attached hydrogens (tertiary/aromatic N) is 1. The van der Waals surface area contributed by atoms with Gasteiger partial charge in [-0.15, -0.1) is 0 Å². The Morgan fingerprint density at radius 2 is 1.92 bits per heavy atom. The molecule has 0 bridgehead atoms. The summed E-state index contributed by atoms with van der Waals surface area (Å²) in [6.07, 6.45) is 2.99. The molecule has 0 spiro atoms. The van der Waals surface area contributed by atoms with Crippen molar-refractivity contribution >= 4 is 34.5 Å². The summed E-state index contributed by atoms with van der Waals surface area (Å²) in [5, 5.41) is 1.65. The second kappa shape index (κ2) is 8.31. The highest BCUT2D eigenvalue weighted by molar-refractivity contribution is 6.30. The maximum absolute atomic E-state index is 11.7. The topological polar surface area (TPSA) is 48.4 Å². The fourth-order valence-electron chi connectivity index (χ4n) is 2.23. The summed E-state index contributed by atoms with van der Waals surface area (Å²) in [7, 11) is 0. The van der Waals surface area contributed by atoms with Gasteiger partial charge in [0.05, 0.1) is 11.2 Å². The number of hydrogen-bond donors (Lipinski definition) is 0. The summed E-state index contributed by atoms with van der Waals surface area (Å²) in [6, 6.07) is 18.7. The van der Waals surface area contributed by atoms with Crippen LogP contribution in [-0.4, -0.2) is 24.2 Å². The third-order valence-corrected chi connectivity index (χ3v) is 3.64. The van der Waals surface area contributed by atoms with Crippen LogP contribution in [0.4, 0.5) is 0 Å². The SMILES string of the molecule is O=C(C=Cc1ccc2ccccc2n1)OCCOc1cccc(Cl)c1. The molecule has 2 aromatic carbocycles. The van der Waals surface area contributed by atoms with Gasteiger partial charge >= 0.3 is 5.97 Å². The van der Waals surface area contributed by atoms with E-state index in [4.69, 9.17) is 21.1 Å². The van der Waals surface area contributed by atoms with Crippen molar-refractivity contribution in [2.45, 2.75) is 0 Å². The van der Waals surface area contributed by atoms with E-state index in [9.17, 15) is 4.79 Å². The van der Waals surface area contributed by atoms with Crippen LogP contribution in [0.5, 0.6) is 5.75 Å². The minimum absolute atomic E-state index is 0.154. The van der Waals surface area contributed by atoms with Crippen LogP contribution in [0.3, 0.4) is 0 Å². The summed E-state index contributed by atoms with van der Waals surface area (Å²) < 4.78 is 10.5. The van der Waals surface area contributed by atoms with Crippen molar-refractivity contribution < 1.29 is 14.3 Å². The van der Waals surface area contributed by atoms with E-state index in [1.165, 1.54) is 6.08 Å². The first-order chi connectivity index (χ1) is 12.2. The zero-order valence-electron chi connectivity index (χ0n) is 13.4. The number of rotatable bonds is 6. The third-order valence-electron chi connectivity index (χ3n) is 3.40. The van der Waals surface area contributed by atoms with Crippen LogP contribution in [-0.2, 0) is 9.53 Å². The fourth-order valence-corrected chi connectivity index (χ4v) is 2.41. The lowest BCUT2D eigenvalue weighted by Crippen LogP contribution is -2.10. The highest BCUT2D eigenvalue weighted by Crippen LogP contribution is 2.17. The Labute approximate surface area is 150 Å². The summed E-state index contributed by atoms with van der Waals surface area (Å²) >= 11 is 5.86. The van der Waals surface area contributed by atoms with Gasteiger partial charge in [-0.25, -0.2) is 9.78 Å². The predicted molar refractivity (Wildman–Crippen MR) is 98.7 cm³/mol. The molecule has 3 rings (SSSR count). The molecule has 4 nitrogen and oxygen atoms in total. The molecular formula is C20H16ClNO3. The molecule has 1 aromatic heterocycles. The van der Waals surface area contributed by atoms with Gasteiger partial charge in [0, 0.05) is 16.5 Å². The Hall–Kier alpha value is -2.85. The molecule has 0 aliphatic carbocycles. The molecule has 0 amide bonds. The van der Waals surface area contributed by atoms with Crippen LogP contribution in [0.2, 0.25) is 5.02 Å². The third kappa shape index (κ3) is 5.06. The summed E-state index contributed by atoms with van der Waals surface area (Å²) in [4.78, 5) is 16.2. The number of benzene rings is 2. The van der Waals surface area contributed by atoms with E-state index in [1.54, 1.807) is 30.3 Å². The van der Waals surface area contributed by atoms with Gasteiger partial charge < -0.3 is 9.47 Å². The van der Waals surface area contributed by atoms with E-state index in [2.05, 4.69) is 4.98 Å². The van der Waals surface area contributed by atoms with E-state index >= 15 is 0 Å². The standard InChI is InChI=1S/C20H16ClNO3/c21-16-5-3-6-18(14-16)24-12-13-25-20(23)11-10-17-9-8-15-4-1-2-7-19(15)22-17/h1-11,14H,12-13H2. The number of para-hydroxylation sites is 1. The van der Waals surface area contributed by atoms with Crippen LogP contribution in [0.1, 0.15) is 5.69 Å². The van der Waals surface area contributed by atoms with Crippen molar-refractivity contribution in [3.63, 3.8) is 0 Å². The maximum atomic E-state index is 11.7. The number of carbonyl (C=O) groups is 1. The van der Waals surface area contributed by atoms with Gasteiger partial charge in [-0.1, -0.05) is 41.9 Å². The molecule has 126 valence electrons. The van der Waals surface area contributed by atoms with Crippen molar-refractivity contribution in [2.24, 2.45) is 0 Å². The number of aromatic nitrogens is 1. The second-order valence-electron chi connectivity index (χ2n) is 5.24. The van der Waals surface area contributed by atoms with Crippen LogP contribution in [0.15, 0.2) is 66.7 Å². The van der Waals surface area contributed by atoms with E-state index in [1.807, 2.05) is 36.4 Å². The molecule has 0 unspecified atom stereocenters. The molecule has 0 fully saturated rings. The first-order valence-electron chi connectivity index (χ1n) is 7.80. The lowest BCUT2D eigenvalue weighted by molar-refractivity contribution is -0.138. The van der Waals surface area contributed by atoms with Crippen molar-refractivity contribution in [2.75, 3.05) is 13.2 Å². The number of pyridine rings is 1. The predicted octanol–water partition coefficient (Wildman–Crippen LogP) is 4.52. The Kier molecular flexibility index (Phi) is 5.65.